The van der Waals surface area contributed by atoms with Crippen LogP contribution >= 0.6 is 0 Å². The molecule has 1 N–H and O–H groups in total. The van der Waals surface area contributed by atoms with Crippen LogP contribution in [0.15, 0.2) is 23.8 Å². The van der Waals surface area contributed by atoms with Crippen LogP contribution in [0.2, 0.25) is 0 Å². The van der Waals surface area contributed by atoms with Crippen LogP contribution in [-0.4, -0.2) is 11.1 Å². The molecule has 0 heterocycles. The van der Waals surface area contributed by atoms with Crippen LogP contribution in [0.5, 0.6) is 0 Å². The third kappa shape index (κ3) is 2.96. The maximum absolute atomic E-state index is 11.0. The van der Waals surface area contributed by atoms with Gasteiger partial charge in [-0.2, -0.15) is 0 Å². The summed E-state index contributed by atoms with van der Waals surface area (Å²) in [6, 6.07) is 6.26. The van der Waals surface area contributed by atoms with Gasteiger partial charge in [-0.1, -0.05) is 32.0 Å². The van der Waals surface area contributed by atoms with Crippen LogP contribution in [0.25, 0.3) is 5.57 Å². The van der Waals surface area contributed by atoms with Gasteiger partial charge in [0.25, 0.3) is 0 Å². The number of carboxylic acid groups (broad SMARTS) is 1. The molecule has 0 bridgehead atoms. The highest BCUT2D eigenvalue weighted by atomic mass is 16.4. The van der Waals surface area contributed by atoms with Gasteiger partial charge in [0.2, 0.25) is 0 Å². The van der Waals surface area contributed by atoms with Crippen LogP contribution in [0.4, 0.5) is 0 Å². The minimum Gasteiger partial charge on any atom is -0.478 e. The Bertz CT molecular complexity index is 468. The van der Waals surface area contributed by atoms with Crippen molar-refractivity contribution in [2.75, 3.05) is 0 Å². The molecule has 1 aromatic carbocycles. The lowest BCUT2D eigenvalue weighted by molar-refractivity contribution is -0.132. The van der Waals surface area contributed by atoms with E-state index in [9.17, 15) is 4.79 Å². The maximum Gasteiger partial charge on any atom is 0.331 e. The number of hydrogen-bond acceptors (Lipinski definition) is 1. The summed E-state index contributed by atoms with van der Waals surface area (Å²) in [6.45, 7) is 9.81. The maximum atomic E-state index is 11.0. The van der Waals surface area contributed by atoms with E-state index in [4.69, 9.17) is 5.11 Å². The number of carboxylic acids is 1. The highest BCUT2D eigenvalue weighted by Gasteiger charge is 2.10. The van der Waals surface area contributed by atoms with E-state index in [-0.39, 0.29) is 0 Å². The number of hydrogen-bond donors (Lipinski definition) is 1. The summed E-state index contributed by atoms with van der Waals surface area (Å²) in [6.07, 6.45) is 0. The van der Waals surface area contributed by atoms with Crippen LogP contribution in [0, 0.1) is 6.92 Å². The predicted octanol–water partition coefficient (Wildman–Crippen LogP) is 4.00. The van der Waals surface area contributed by atoms with Crippen molar-refractivity contribution < 1.29 is 9.90 Å². The van der Waals surface area contributed by atoms with Crippen LogP contribution in [0.3, 0.4) is 0 Å². The summed E-state index contributed by atoms with van der Waals surface area (Å²) in [5, 5.41) is 9.03. The molecule has 0 aliphatic rings. The molecule has 0 amide bonds. The second-order valence-electron chi connectivity index (χ2n) is 4.78. The van der Waals surface area contributed by atoms with Crippen molar-refractivity contribution in [2.24, 2.45) is 0 Å². The third-order valence-corrected chi connectivity index (χ3v) is 3.22. The Kier molecular flexibility index (Phi) is 4.11. The van der Waals surface area contributed by atoms with Crippen LogP contribution in [-0.2, 0) is 4.79 Å². The molecule has 17 heavy (non-hydrogen) atoms. The fraction of sp³-hybridized carbons (Fsp3) is 0.400. The fourth-order valence-corrected chi connectivity index (χ4v) is 1.77. The Hall–Kier alpha value is -1.57. The largest absolute Gasteiger partial charge is 0.478 e. The minimum absolute atomic E-state index is 0.411. The first kappa shape index (κ1) is 13.5. The first-order valence-corrected chi connectivity index (χ1v) is 5.86. The Morgan fingerprint density at radius 1 is 1.24 bits per heavy atom. The zero-order valence-corrected chi connectivity index (χ0v) is 11.2. The van der Waals surface area contributed by atoms with Crippen LogP contribution in [0.1, 0.15) is 50.3 Å². The Morgan fingerprint density at radius 3 is 2.29 bits per heavy atom. The first-order valence-electron chi connectivity index (χ1n) is 5.86. The normalized spacial score (nSPS) is 12.6. The number of carbonyl (C=O) groups is 1. The molecule has 0 aliphatic heterocycles. The fourth-order valence-electron chi connectivity index (χ4n) is 1.77. The lowest BCUT2D eigenvalue weighted by Crippen LogP contribution is -2.01. The standard InChI is InChI=1S/C15H20O2/c1-9(2)13-7-6-10(3)14(8-13)11(4)12(5)15(16)17/h6-9H,1-5H3,(H,16,17)/b12-11+. The molecule has 2 heteroatoms. The molecule has 0 saturated heterocycles. The molecule has 0 radical (unpaired) electrons. The summed E-state index contributed by atoms with van der Waals surface area (Å²) >= 11 is 0. The first-order chi connectivity index (χ1) is 7.84. The van der Waals surface area contributed by atoms with Crippen molar-refractivity contribution in [3.63, 3.8) is 0 Å². The van der Waals surface area contributed by atoms with Gasteiger partial charge in [0.15, 0.2) is 0 Å². The van der Waals surface area contributed by atoms with Gasteiger partial charge in [-0.3, -0.25) is 0 Å². The lowest BCUT2D eigenvalue weighted by atomic mass is 9.92. The van der Waals surface area contributed by atoms with Gasteiger partial charge in [-0.15, -0.1) is 0 Å². The molecular weight excluding hydrogens is 212 g/mol. The van der Waals surface area contributed by atoms with Gasteiger partial charge >= 0.3 is 5.97 Å². The zero-order chi connectivity index (χ0) is 13.2. The van der Waals surface area contributed by atoms with E-state index < -0.39 is 5.97 Å². The van der Waals surface area contributed by atoms with E-state index >= 15 is 0 Å². The number of aryl methyl sites for hydroxylation is 1. The van der Waals surface area contributed by atoms with Gasteiger partial charge in [-0.05, 0) is 49.0 Å². The van der Waals surface area contributed by atoms with Crippen LogP contribution < -0.4 is 0 Å². The quantitative estimate of drug-likeness (QED) is 0.800. The van der Waals surface area contributed by atoms with Gasteiger partial charge in [0.1, 0.15) is 0 Å². The molecule has 1 aromatic rings. The third-order valence-electron chi connectivity index (χ3n) is 3.22. The lowest BCUT2D eigenvalue weighted by Gasteiger charge is -2.13. The van der Waals surface area contributed by atoms with Gasteiger partial charge in [-0.25, -0.2) is 4.79 Å². The number of allylic oxidation sites excluding steroid dienone is 1. The van der Waals surface area contributed by atoms with Crippen molar-refractivity contribution in [3.8, 4) is 0 Å². The number of rotatable bonds is 3. The topological polar surface area (TPSA) is 37.3 Å². The van der Waals surface area contributed by atoms with Gasteiger partial charge in [0, 0.05) is 5.57 Å². The van der Waals surface area contributed by atoms with Gasteiger partial charge in [0.05, 0.1) is 0 Å². The molecule has 2 nitrogen and oxygen atoms in total. The SMILES string of the molecule is C/C(C(=O)O)=C(/C)c1cc(C(C)C)ccc1C. The summed E-state index contributed by atoms with van der Waals surface area (Å²) in [4.78, 5) is 11.0. The molecule has 0 aliphatic carbocycles. The van der Waals surface area contributed by atoms with E-state index in [1.807, 2.05) is 13.8 Å². The number of aliphatic carboxylic acids is 1. The van der Waals surface area contributed by atoms with Crippen molar-refractivity contribution in [3.05, 3.63) is 40.5 Å². The van der Waals surface area contributed by atoms with E-state index in [0.717, 1.165) is 16.7 Å². The molecular formula is C15H20O2. The Morgan fingerprint density at radius 2 is 1.82 bits per heavy atom. The molecule has 92 valence electrons. The summed E-state index contributed by atoms with van der Waals surface area (Å²) in [7, 11) is 0. The molecule has 1 rings (SSSR count). The van der Waals surface area contributed by atoms with E-state index in [1.165, 1.54) is 5.56 Å². The van der Waals surface area contributed by atoms with Crippen molar-refractivity contribution in [1.82, 2.24) is 0 Å². The van der Waals surface area contributed by atoms with E-state index in [2.05, 4.69) is 32.0 Å². The average molecular weight is 232 g/mol. The van der Waals surface area contributed by atoms with E-state index in [0.29, 0.717) is 11.5 Å². The zero-order valence-electron chi connectivity index (χ0n) is 11.2. The van der Waals surface area contributed by atoms with E-state index in [1.54, 1.807) is 6.92 Å². The summed E-state index contributed by atoms with van der Waals surface area (Å²) in [5.41, 5.74) is 4.65. The second kappa shape index (κ2) is 5.17. The number of benzene rings is 1. The minimum atomic E-state index is -0.850. The van der Waals surface area contributed by atoms with Crippen molar-refractivity contribution >= 4 is 11.5 Å². The molecule has 0 saturated carbocycles. The van der Waals surface area contributed by atoms with Crippen molar-refractivity contribution in [1.29, 1.82) is 0 Å². The highest BCUT2D eigenvalue weighted by Crippen LogP contribution is 2.26. The van der Waals surface area contributed by atoms with Crippen molar-refractivity contribution in [2.45, 2.75) is 40.5 Å². The molecule has 0 spiro atoms. The Labute approximate surface area is 103 Å². The molecule has 0 atom stereocenters. The molecule has 0 fully saturated rings. The smallest absolute Gasteiger partial charge is 0.331 e. The monoisotopic (exact) mass is 232 g/mol. The molecule has 0 aromatic heterocycles. The summed E-state index contributed by atoms with van der Waals surface area (Å²) in [5.74, 6) is -0.399. The predicted molar refractivity (Wildman–Crippen MR) is 71.2 cm³/mol. The Balaban J connectivity index is 3.35. The van der Waals surface area contributed by atoms with Gasteiger partial charge < -0.3 is 5.11 Å². The summed E-state index contributed by atoms with van der Waals surface area (Å²) < 4.78 is 0. The molecule has 0 unspecified atom stereocenters. The highest BCUT2D eigenvalue weighted by molar-refractivity contribution is 5.95. The average Bonchev–Trinajstić information content (AvgIpc) is 2.27. The second-order valence-corrected chi connectivity index (χ2v) is 4.78.